The molecule has 7 heteroatoms. The fourth-order valence-electron chi connectivity index (χ4n) is 1.35. The van der Waals surface area contributed by atoms with Gasteiger partial charge in [0.15, 0.2) is 11.6 Å². The van der Waals surface area contributed by atoms with Gasteiger partial charge < -0.3 is 4.52 Å². The van der Waals surface area contributed by atoms with Gasteiger partial charge in [0.25, 0.3) is 0 Å². The molecule has 0 saturated carbocycles. The first kappa shape index (κ1) is 13.6. The summed E-state index contributed by atoms with van der Waals surface area (Å²) in [7, 11) is 0. The summed E-state index contributed by atoms with van der Waals surface area (Å²) in [5, 5.41) is 3.75. The van der Waals surface area contributed by atoms with Gasteiger partial charge in [-0.1, -0.05) is 28.0 Å². The number of benzene rings is 1. The Kier molecular flexibility index (Phi) is 4.11. The third-order valence-corrected chi connectivity index (χ3v) is 4.16. The molecule has 0 bridgehead atoms. The average molecular weight is 382 g/mol. The smallest absolute Gasteiger partial charge is 0.240 e. The summed E-state index contributed by atoms with van der Waals surface area (Å²) < 4.78 is 31.4. The predicted octanol–water partition coefficient (Wildman–Crippen LogP) is 4.62. The molecule has 1 unspecified atom stereocenters. The van der Waals surface area contributed by atoms with Gasteiger partial charge in [0.2, 0.25) is 11.7 Å². The Morgan fingerprint density at radius 2 is 2.11 bits per heavy atom. The monoisotopic (exact) mass is 380 g/mol. The minimum absolute atomic E-state index is 0.0162. The first-order valence-corrected chi connectivity index (χ1v) is 6.87. The number of halogens is 4. The van der Waals surface area contributed by atoms with Gasteiger partial charge in [0, 0.05) is 5.56 Å². The van der Waals surface area contributed by atoms with Crippen molar-refractivity contribution in [3.05, 3.63) is 34.1 Å². The van der Waals surface area contributed by atoms with Crippen LogP contribution in [0.1, 0.15) is 24.1 Å². The summed E-state index contributed by atoms with van der Waals surface area (Å²) in [6, 6.07) is 2.42. The van der Waals surface area contributed by atoms with E-state index in [2.05, 4.69) is 42.0 Å². The van der Waals surface area contributed by atoms with E-state index in [1.54, 1.807) is 0 Å². The molecule has 0 fully saturated rings. The second-order valence-corrected chi connectivity index (χ2v) is 5.45. The van der Waals surface area contributed by atoms with Crippen LogP contribution < -0.4 is 0 Å². The Morgan fingerprint density at radius 3 is 2.78 bits per heavy atom. The van der Waals surface area contributed by atoms with E-state index in [-0.39, 0.29) is 15.1 Å². The molecule has 96 valence electrons. The second-order valence-electron chi connectivity index (χ2n) is 3.55. The van der Waals surface area contributed by atoms with Crippen molar-refractivity contribution in [1.29, 1.82) is 0 Å². The molecule has 1 aromatic carbocycles. The number of aromatic nitrogens is 2. The van der Waals surface area contributed by atoms with E-state index in [9.17, 15) is 8.78 Å². The summed E-state index contributed by atoms with van der Waals surface area (Å²) in [6.45, 7) is 1.96. The van der Waals surface area contributed by atoms with Crippen LogP contribution in [0.4, 0.5) is 8.78 Å². The Bertz CT molecular complexity index is 574. The Balaban J connectivity index is 2.43. The molecule has 2 aromatic rings. The van der Waals surface area contributed by atoms with Gasteiger partial charge in [-0.25, -0.2) is 8.78 Å². The summed E-state index contributed by atoms with van der Waals surface area (Å²) in [5.41, 5.74) is 0.347. The average Bonchev–Trinajstić information content (AvgIpc) is 2.84. The third kappa shape index (κ3) is 2.47. The van der Waals surface area contributed by atoms with Crippen molar-refractivity contribution in [3.8, 4) is 11.4 Å². The SMILES string of the molecule is CCC(Br)c1nc(-c2ccc(F)c(F)c2Br)no1. The van der Waals surface area contributed by atoms with Crippen LogP contribution in [0, 0.1) is 11.6 Å². The summed E-state index contributed by atoms with van der Waals surface area (Å²) >= 11 is 6.36. The molecule has 0 saturated heterocycles. The van der Waals surface area contributed by atoms with Gasteiger partial charge >= 0.3 is 0 Å². The molecular formula is C11H8Br2F2N2O. The van der Waals surface area contributed by atoms with Crippen molar-refractivity contribution >= 4 is 31.9 Å². The van der Waals surface area contributed by atoms with E-state index >= 15 is 0 Å². The van der Waals surface area contributed by atoms with Crippen LogP contribution in [0.5, 0.6) is 0 Å². The van der Waals surface area contributed by atoms with Crippen LogP contribution in [0.2, 0.25) is 0 Å². The maximum absolute atomic E-state index is 13.4. The van der Waals surface area contributed by atoms with Crippen molar-refractivity contribution in [1.82, 2.24) is 10.1 Å². The zero-order valence-electron chi connectivity index (χ0n) is 9.25. The van der Waals surface area contributed by atoms with Gasteiger partial charge in [0.05, 0.1) is 9.30 Å². The lowest BCUT2D eigenvalue weighted by molar-refractivity contribution is 0.377. The quantitative estimate of drug-likeness (QED) is 0.575. The van der Waals surface area contributed by atoms with E-state index in [1.807, 2.05) is 6.92 Å². The molecule has 1 heterocycles. The van der Waals surface area contributed by atoms with Crippen LogP contribution in [0.25, 0.3) is 11.4 Å². The number of alkyl halides is 1. The molecule has 1 aromatic heterocycles. The highest BCUT2D eigenvalue weighted by atomic mass is 79.9. The standard InChI is InChI=1S/C11H8Br2F2N2O/c1-2-6(12)11-16-10(17-18-11)5-3-4-7(14)9(15)8(5)13/h3-4,6H,2H2,1H3. The highest BCUT2D eigenvalue weighted by Gasteiger charge is 2.19. The van der Waals surface area contributed by atoms with Crippen LogP contribution in [-0.2, 0) is 0 Å². The maximum Gasteiger partial charge on any atom is 0.240 e. The lowest BCUT2D eigenvalue weighted by Gasteiger charge is -2.01. The van der Waals surface area contributed by atoms with Crippen molar-refractivity contribution in [2.45, 2.75) is 18.2 Å². The second kappa shape index (κ2) is 5.44. The van der Waals surface area contributed by atoms with Crippen molar-refractivity contribution < 1.29 is 13.3 Å². The molecule has 0 aliphatic rings. The molecule has 0 N–H and O–H groups in total. The van der Waals surface area contributed by atoms with E-state index in [0.29, 0.717) is 11.5 Å². The lowest BCUT2D eigenvalue weighted by Crippen LogP contribution is -1.91. The fourth-order valence-corrected chi connectivity index (χ4v) is 2.03. The van der Waals surface area contributed by atoms with Crippen LogP contribution >= 0.6 is 31.9 Å². The number of hydrogen-bond acceptors (Lipinski definition) is 3. The third-order valence-electron chi connectivity index (χ3n) is 2.34. The van der Waals surface area contributed by atoms with Crippen LogP contribution in [0.15, 0.2) is 21.1 Å². The van der Waals surface area contributed by atoms with Crippen molar-refractivity contribution in [2.24, 2.45) is 0 Å². The van der Waals surface area contributed by atoms with Gasteiger partial charge in [0.1, 0.15) is 0 Å². The van der Waals surface area contributed by atoms with E-state index in [0.717, 1.165) is 12.5 Å². The van der Waals surface area contributed by atoms with E-state index in [1.165, 1.54) is 6.07 Å². The van der Waals surface area contributed by atoms with E-state index < -0.39 is 11.6 Å². The Labute approximate surface area is 119 Å². The number of hydrogen-bond donors (Lipinski definition) is 0. The lowest BCUT2D eigenvalue weighted by atomic mass is 10.2. The summed E-state index contributed by atoms with van der Waals surface area (Å²) in [6.07, 6.45) is 0.778. The zero-order chi connectivity index (χ0) is 13.3. The van der Waals surface area contributed by atoms with E-state index in [4.69, 9.17) is 4.52 Å². The normalized spacial score (nSPS) is 12.7. The molecule has 0 aliphatic heterocycles. The molecule has 1 atom stereocenters. The largest absolute Gasteiger partial charge is 0.338 e. The predicted molar refractivity (Wildman–Crippen MR) is 69.3 cm³/mol. The number of nitrogens with zero attached hydrogens (tertiary/aromatic N) is 2. The summed E-state index contributed by atoms with van der Waals surface area (Å²) in [5.74, 6) is -1.27. The van der Waals surface area contributed by atoms with Crippen molar-refractivity contribution in [3.63, 3.8) is 0 Å². The highest BCUT2D eigenvalue weighted by molar-refractivity contribution is 9.10. The molecule has 2 rings (SSSR count). The number of rotatable bonds is 3. The highest BCUT2D eigenvalue weighted by Crippen LogP contribution is 2.32. The topological polar surface area (TPSA) is 38.9 Å². The van der Waals surface area contributed by atoms with Gasteiger partial charge in [-0.3, -0.25) is 0 Å². The molecule has 0 spiro atoms. The first-order chi connectivity index (χ1) is 8.54. The molecule has 0 amide bonds. The minimum atomic E-state index is -0.968. The molecule has 18 heavy (non-hydrogen) atoms. The Hall–Kier alpha value is -0.820. The molecule has 0 aliphatic carbocycles. The molecular weight excluding hydrogens is 374 g/mol. The molecule has 3 nitrogen and oxygen atoms in total. The first-order valence-electron chi connectivity index (χ1n) is 5.16. The van der Waals surface area contributed by atoms with Gasteiger partial charge in [-0.15, -0.1) is 0 Å². The Morgan fingerprint density at radius 1 is 1.39 bits per heavy atom. The molecule has 0 radical (unpaired) electrons. The van der Waals surface area contributed by atoms with Gasteiger partial charge in [-0.2, -0.15) is 4.98 Å². The fraction of sp³-hybridized carbons (Fsp3) is 0.273. The summed E-state index contributed by atoms with van der Waals surface area (Å²) in [4.78, 5) is 4.09. The van der Waals surface area contributed by atoms with Crippen molar-refractivity contribution in [2.75, 3.05) is 0 Å². The van der Waals surface area contributed by atoms with Crippen LogP contribution in [-0.4, -0.2) is 10.1 Å². The zero-order valence-corrected chi connectivity index (χ0v) is 12.4. The van der Waals surface area contributed by atoms with Gasteiger partial charge in [-0.05, 0) is 34.5 Å². The maximum atomic E-state index is 13.4. The van der Waals surface area contributed by atoms with Crippen LogP contribution in [0.3, 0.4) is 0 Å². The minimum Gasteiger partial charge on any atom is -0.338 e.